The Morgan fingerprint density at radius 1 is 0.909 bits per heavy atom. The molecule has 2 saturated heterocycles. The minimum Gasteiger partial charge on any atom is -0.504 e. The van der Waals surface area contributed by atoms with Crippen molar-refractivity contribution in [3.63, 3.8) is 0 Å². The maximum atomic E-state index is 15.3. The molecular weight excluding hydrogens is 819 g/mol. The van der Waals surface area contributed by atoms with E-state index in [1.807, 2.05) is 0 Å². The topological polar surface area (TPSA) is 120 Å². The molecule has 290 valence electrons. The van der Waals surface area contributed by atoms with Gasteiger partial charge in [0, 0.05) is 13.0 Å². The van der Waals surface area contributed by atoms with Gasteiger partial charge < -0.3 is 9.84 Å². The molecule has 0 radical (unpaired) electrons. The van der Waals surface area contributed by atoms with Gasteiger partial charge in [-0.1, -0.05) is 29.3 Å². The molecule has 4 amide bonds. The maximum absolute atomic E-state index is 15.3. The Hall–Kier alpha value is -4.68. The fourth-order valence-electron chi connectivity index (χ4n) is 8.00. The van der Waals surface area contributed by atoms with Crippen molar-refractivity contribution >= 4 is 69.9 Å². The van der Waals surface area contributed by atoms with E-state index in [1.54, 1.807) is 0 Å². The number of aromatic nitrogens is 1. The number of hydrazine groups is 1. The molecule has 0 unspecified atom stereocenters. The van der Waals surface area contributed by atoms with Gasteiger partial charge in [-0.2, -0.15) is 18.2 Å². The first kappa shape index (κ1) is 38.6. The standard InChI is InChI=1S/C34H21Cl3F8N4O6/c1-47(27-15(35)6-8-18(46-27)34(43,44)45)49-28(51)13-5-4-12-14(19(13)29(49)52)10-32(36)30(53)48(26-24(41)22(39)21(38)23(40)25(26)42)31(54)33(32,37)20(12)11-3-7-16(50)17(9-11)55-2/h3-4,6-9,13-14,19-20,50H,5,10H2,1-2H3/t13-,14+,19-,20-,32+,33-/m0/s1. The minimum atomic E-state index is -4.95. The Balaban J connectivity index is 1.39. The molecule has 1 saturated carbocycles. The summed E-state index contributed by atoms with van der Waals surface area (Å²) in [7, 11) is 2.21. The van der Waals surface area contributed by atoms with E-state index in [4.69, 9.17) is 39.5 Å². The van der Waals surface area contributed by atoms with Gasteiger partial charge in [0.25, 0.3) is 23.6 Å². The molecule has 1 aromatic heterocycles. The van der Waals surface area contributed by atoms with Crippen LogP contribution in [0.1, 0.15) is 30.0 Å². The predicted octanol–water partition coefficient (Wildman–Crippen LogP) is 6.78. The van der Waals surface area contributed by atoms with Crippen LogP contribution in [0.25, 0.3) is 0 Å². The number of carbonyl (C=O) groups is 4. The van der Waals surface area contributed by atoms with Crippen molar-refractivity contribution in [1.29, 1.82) is 0 Å². The lowest BCUT2D eigenvalue weighted by molar-refractivity contribution is -0.141. The zero-order valence-corrected chi connectivity index (χ0v) is 29.9. The number of fused-ring (bicyclic) bond motifs is 4. The van der Waals surface area contributed by atoms with Crippen LogP contribution in [0, 0.1) is 46.8 Å². The molecule has 21 heteroatoms. The molecule has 1 N–H and O–H groups in total. The van der Waals surface area contributed by atoms with E-state index in [-0.39, 0.29) is 33.2 Å². The molecule has 7 rings (SSSR count). The SMILES string of the molecule is COc1cc([C@H]2C3=CC[C@@H]4C(=O)N(N(C)c5nc(C(F)(F)F)ccc5Cl)C(=O)[C@@H]4[C@@H]3C[C@@]3(Cl)C(=O)N(c4c(F)c(F)c(F)c(F)c4F)C(=O)[C@@]23Cl)ccc1O. The zero-order chi connectivity index (χ0) is 40.4. The highest BCUT2D eigenvalue weighted by atomic mass is 35.5. The highest BCUT2D eigenvalue weighted by molar-refractivity contribution is 6.58. The molecule has 10 nitrogen and oxygen atoms in total. The van der Waals surface area contributed by atoms with Crippen molar-refractivity contribution in [1.82, 2.24) is 9.99 Å². The van der Waals surface area contributed by atoms with Gasteiger partial charge in [-0.3, -0.25) is 24.2 Å². The van der Waals surface area contributed by atoms with Crippen LogP contribution in [0.4, 0.5) is 46.6 Å². The molecule has 3 aromatic rings. The van der Waals surface area contributed by atoms with Gasteiger partial charge in [0.15, 0.2) is 50.3 Å². The average Bonchev–Trinajstić information content (AvgIpc) is 3.47. The van der Waals surface area contributed by atoms with Gasteiger partial charge in [0.2, 0.25) is 5.82 Å². The fourth-order valence-corrected chi connectivity index (χ4v) is 9.17. The Bertz CT molecular complexity index is 2270. The number of methoxy groups -OCH3 is 1. The van der Waals surface area contributed by atoms with E-state index in [2.05, 4.69) is 4.98 Å². The molecular formula is C34H21Cl3F8N4O6. The average molecular weight is 840 g/mol. The van der Waals surface area contributed by atoms with Crippen molar-refractivity contribution in [2.75, 3.05) is 24.1 Å². The molecule has 3 fully saturated rings. The van der Waals surface area contributed by atoms with Crippen molar-refractivity contribution in [3.05, 3.63) is 87.3 Å². The first-order valence-corrected chi connectivity index (χ1v) is 17.0. The largest absolute Gasteiger partial charge is 0.504 e. The zero-order valence-electron chi connectivity index (χ0n) is 27.6. The number of imide groups is 2. The highest BCUT2D eigenvalue weighted by Gasteiger charge is 2.77. The lowest BCUT2D eigenvalue weighted by atomic mass is 9.56. The first-order valence-electron chi connectivity index (χ1n) is 15.8. The number of nitrogens with zero attached hydrogens (tertiary/aromatic N) is 4. The summed E-state index contributed by atoms with van der Waals surface area (Å²) in [4.78, 5) is 54.4. The van der Waals surface area contributed by atoms with E-state index in [9.17, 15) is 50.6 Å². The molecule has 0 spiro atoms. The van der Waals surface area contributed by atoms with Crippen LogP contribution in [0.5, 0.6) is 11.5 Å². The third kappa shape index (κ3) is 5.16. The van der Waals surface area contributed by atoms with E-state index >= 15 is 8.78 Å². The number of aromatic hydroxyl groups is 1. The Morgan fingerprint density at radius 2 is 1.53 bits per heavy atom. The molecule has 2 aliphatic heterocycles. The fraction of sp³-hybridized carbons (Fsp3) is 0.324. The first-order chi connectivity index (χ1) is 25.6. The van der Waals surface area contributed by atoms with Gasteiger partial charge in [-0.15, -0.1) is 23.2 Å². The number of rotatable bonds is 5. The number of pyridine rings is 1. The summed E-state index contributed by atoms with van der Waals surface area (Å²) in [6.07, 6.45) is -4.66. The number of halogens is 11. The summed E-state index contributed by atoms with van der Waals surface area (Å²) in [5.41, 5.74) is -3.34. The summed E-state index contributed by atoms with van der Waals surface area (Å²) in [6, 6.07) is 4.91. The number of allylic oxidation sites excluding steroid dienone is 2. The van der Waals surface area contributed by atoms with Crippen LogP contribution in [0.3, 0.4) is 0 Å². The van der Waals surface area contributed by atoms with Crippen LogP contribution in [0.2, 0.25) is 5.02 Å². The van der Waals surface area contributed by atoms with Gasteiger partial charge in [0.1, 0.15) is 11.4 Å². The number of hydrogen-bond acceptors (Lipinski definition) is 8. The van der Waals surface area contributed by atoms with Crippen molar-refractivity contribution < 1.29 is 64.1 Å². The number of hydrogen-bond donors (Lipinski definition) is 1. The number of phenols is 1. The van der Waals surface area contributed by atoms with Crippen LogP contribution in [-0.4, -0.2) is 62.6 Å². The van der Waals surface area contributed by atoms with Crippen molar-refractivity contribution in [2.24, 2.45) is 17.8 Å². The number of benzene rings is 2. The lowest BCUT2D eigenvalue weighted by Crippen LogP contribution is -2.60. The van der Waals surface area contributed by atoms with Crippen LogP contribution < -0.4 is 14.6 Å². The monoisotopic (exact) mass is 838 g/mol. The molecule has 55 heavy (non-hydrogen) atoms. The van der Waals surface area contributed by atoms with E-state index in [0.717, 1.165) is 26.3 Å². The van der Waals surface area contributed by atoms with E-state index < -0.39 is 122 Å². The second kappa shape index (κ2) is 12.7. The smallest absolute Gasteiger partial charge is 0.433 e. The molecule has 6 atom stereocenters. The highest BCUT2D eigenvalue weighted by Crippen LogP contribution is 2.66. The van der Waals surface area contributed by atoms with E-state index in [0.29, 0.717) is 16.1 Å². The van der Waals surface area contributed by atoms with Crippen LogP contribution in [0.15, 0.2) is 42.0 Å². The van der Waals surface area contributed by atoms with Crippen molar-refractivity contribution in [2.45, 2.75) is 34.7 Å². The lowest BCUT2D eigenvalue weighted by Gasteiger charge is -2.50. The molecule has 2 aliphatic carbocycles. The normalized spacial score (nSPS) is 27.6. The number of phenolic OH excluding ortho intramolecular Hbond substituents is 1. The number of anilines is 2. The molecule has 2 aromatic carbocycles. The van der Waals surface area contributed by atoms with Crippen LogP contribution in [-0.2, 0) is 25.4 Å². The number of amides is 4. The summed E-state index contributed by atoms with van der Waals surface area (Å²) in [5, 5.41) is 11.2. The van der Waals surface area contributed by atoms with Crippen LogP contribution >= 0.6 is 34.8 Å². The Kier molecular flexibility index (Phi) is 8.89. The van der Waals surface area contributed by atoms with Gasteiger partial charge >= 0.3 is 6.18 Å². The number of alkyl halides is 5. The summed E-state index contributed by atoms with van der Waals surface area (Å²) >= 11 is 20.3. The predicted molar refractivity (Wildman–Crippen MR) is 176 cm³/mol. The Morgan fingerprint density at radius 3 is 2.13 bits per heavy atom. The third-order valence-corrected chi connectivity index (χ3v) is 12.2. The van der Waals surface area contributed by atoms with Crippen molar-refractivity contribution in [3.8, 4) is 11.5 Å². The quantitative estimate of drug-likeness (QED) is 0.0747. The molecule has 4 aliphatic rings. The number of carbonyl (C=O) groups excluding carboxylic acids is 4. The van der Waals surface area contributed by atoms with Gasteiger partial charge in [-0.25, -0.2) is 31.8 Å². The maximum Gasteiger partial charge on any atom is 0.433 e. The summed E-state index contributed by atoms with van der Waals surface area (Å²) in [5.74, 6) is -25.2. The number of ether oxygens (including phenoxy) is 1. The third-order valence-electron chi connectivity index (χ3n) is 10.5. The second-order valence-electron chi connectivity index (χ2n) is 13.1. The second-order valence-corrected chi connectivity index (χ2v) is 14.8. The Labute approximate surface area is 318 Å². The summed E-state index contributed by atoms with van der Waals surface area (Å²) < 4.78 is 119. The van der Waals surface area contributed by atoms with E-state index in [1.165, 1.54) is 18.2 Å². The minimum absolute atomic E-state index is 0.0461. The molecule has 3 heterocycles. The molecule has 0 bridgehead atoms. The summed E-state index contributed by atoms with van der Waals surface area (Å²) in [6.45, 7) is 0. The van der Waals surface area contributed by atoms with Gasteiger partial charge in [-0.05, 0) is 48.6 Å². The van der Waals surface area contributed by atoms with Gasteiger partial charge in [0.05, 0.1) is 24.0 Å².